The largest absolute Gasteiger partial charge is 0.494 e. The molecule has 0 fully saturated rings. The maximum Gasteiger partial charge on any atom is 0.276 e. The first-order chi connectivity index (χ1) is 13.0. The second-order valence-corrected chi connectivity index (χ2v) is 6.25. The fraction of sp³-hybridized carbons (Fsp3) is 0.190. The third-order valence-electron chi connectivity index (χ3n) is 4.26. The highest BCUT2D eigenvalue weighted by molar-refractivity contribution is 5.95. The van der Waals surface area contributed by atoms with Gasteiger partial charge in [0.25, 0.3) is 11.5 Å². The van der Waals surface area contributed by atoms with Crippen LogP contribution in [-0.4, -0.2) is 22.8 Å². The average molecular weight is 363 g/mol. The van der Waals surface area contributed by atoms with Crippen LogP contribution in [-0.2, 0) is 0 Å². The van der Waals surface area contributed by atoms with Crippen molar-refractivity contribution in [2.45, 2.75) is 19.9 Å². The fourth-order valence-electron chi connectivity index (χ4n) is 2.71. The van der Waals surface area contributed by atoms with Crippen molar-refractivity contribution in [1.29, 1.82) is 0 Å². The van der Waals surface area contributed by atoms with Crippen LogP contribution >= 0.6 is 0 Å². The third kappa shape index (κ3) is 4.06. The lowest BCUT2D eigenvalue weighted by Crippen LogP contribution is -2.31. The van der Waals surface area contributed by atoms with E-state index in [0.29, 0.717) is 5.69 Å². The first kappa shape index (κ1) is 18.4. The van der Waals surface area contributed by atoms with Crippen molar-refractivity contribution < 1.29 is 9.53 Å². The molecule has 1 aromatic heterocycles. The van der Waals surface area contributed by atoms with Crippen LogP contribution < -0.4 is 15.6 Å². The Bertz CT molecular complexity index is 995. The van der Waals surface area contributed by atoms with Crippen molar-refractivity contribution in [2.24, 2.45) is 0 Å². The number of hydrogen-bond acceptors (Lipinski definition) is 4. The summed E-state index contributed by atoms with van der Waals surface area (Å²) >= 11 is 0. The van der Waals surface area contributed by atoms with E-state index in [1.165, 1.54) is 17.9 Å². The highest BCUT2D eigenvalue weighted by Gasteiger charge is 2.20. The van der Waals surface area contributed by atoms with Crippen molar-refractivity contribution in [3.05, 3.63) is 87.8 Å². The first-order valence-corrected chi connectivity index (χ1v) is 8.61. The molecule has 2 aromatic carbocycles. The molecule has 6 nitrogen and oxygen atoms in total. The third-order valence-corrected chi connectivity index (χ3v) is 4.26. The van der Waals surface area contributed by atoms with Gasteiger partial charge in [-0.25, -0.2) is 0 Å². The number of hydrogen-bond donors (Lipinski definition) is 1. The highest BCUT2D eigenvalue weighted by atomic mass is 16.5. The van der Waals surface area contributed by atoms with Crippen LogP contribution in [0.4, 0.5) is 0 Å². The zero-order chi connectivity index (χ0) is 19.4. The Morgan fingerprint density at radius 3 is 2.41 bits per heavy atom. The molecule has 6 heteroatoms. The minimum atomic E-state index is -0.413. The van der Waals surface area contributed by atoms with Crippen LogP contribution in [0.3, 0.4) is 0 Å². The van der Waals surface area contributed by atoms with Gasteiger partial charge in [-0.1, -0.05) is 48.0 Å². The molecule has 0 aliphatic heterocycles. The topological polar surface area (TPSA) is 73.2 Å². The summed E-state index contributed by atoms with van der Waals surface area (Å²) in [6, 6.07) is 18.0. The number of carbonyl (C=O) groups is 1. The number of carbonyl (C=O) groups excluding carboxylic acids is 1. The van der Waals surface area contributed by atoms with E-state index in [1.807, 2.05) is 56.3 Å². The van der Waals surface area contributed by atoms with E-state index in [-0.39, 0.29) is 23.0 Å². The van der Waals surface area contributed by atoms with Crippen LogP contribution in [0.15, 0.2) is 65.5 Å². The summed E-state index contributed by atoms with van der Waals surface area (Å²) in [5.74, 6) is -0.273. The zero-order valence-corrected chi connectivity index (χ0v) is 15.5. The molecule has 0 spiro atoms. The molecule has 1 heterocycles. The molecule has 0 aliphatic carbocycles. The van der Waals surface area contributed by atoms with Crippen LogP contribution in [0.1, 0.15) is 34.6 Å². The molecular formula is C21H21N3O3. The van der Waals surface area contributed by atoms with E-state index in [2.05, 4.69) is 10.4 Å². The molecule has 0 unspecified atom stereocenters. The number of amides is 1. The number of nitrogens with zero attached hydrogens (tertiary/aromatic N) is 2. The molecule has 3 rings (SSSR count). The molecule has 0 radical (unpaired) electrons. The highest BCUT2D eigenvalue weighted by Crippen LogP contribution is 2.17. The second-order valence-electron chi connectivity index (χ2n) is 6.25. The Kier molecular flexibility index (Phi) is 5.35. The Balaban J connectivity index is 1.96. The molecule has 0 bridgehead atoms. The molecule has 138 valence electrons. The molecule has 1 atom stereocenters. The molecule has 1 N–H and O–H groups in total. The summed E-state index contributed by atoms with van der Waals surface area (Å²) in [5, 5.41) is 7.15. The van der Waals surface area contributed by atoms with Crippen molar-refractivity contribution in [2.75, 3.05) is 7.11 Å². The summed E-state index contributed by atoms with van der Waals surface area (Å²) in [4.78, 5) is 25.2. The van der Waals surface area contributed by atoms with Crippen molar-refractivity contribution >= 4 is 5.91 Å². The summed E-state index contributed by atoms with van der Waals surface area (Å²) in [6.07, 6.45) is 0. The average Bonchev–Trinajstić information content (AvgIpc) is 2.69. The van der Waals surface area contributed by atoms with Gasteiger partial charge in [0.05, 0.1) is 24.9 Å². The van der Waals surface area contributed by atoms with Crippen LogP contribution in [0.5, 0.6) is 5.75 Å². The van der Waals surface area contributed by atoms with Gasteiger partial charge in [-0.2, -0.15) is 9.78 Å². The van der Waals surface area contributed by atoms with E-state index < -0.39 is 5.91 Å². The van der Waals surface area contributed by atoms with Gasteiger partial charge < -0.3 is 10.1 Å². The van der Waals surface area contributed by atoms with E-state index in [9.17, 15) is 9.59 Å². The van der Waals surface area contributed by atoms with E-state index in [1.54, 1.807) is 12.1 Å². The van der Waals surface area contributed by atoms with Crippen molar-refractivity contribution in [3.63, 3.8) is 0 Å². The second kappa shape index (κ2) is 7.86. The maximum absolute atomic E-state index is 12.8. The monoisotopic (exact) mass is 363 g/mol. The van der Waals surface area contributed by atoms with Gasteiger partial charge >= 0.3 is 0 Å². The minimum Gasteiger partial charge on any atom is -0.494 e. The Morgan fingerprint density at radius 1 is 1.11 bits per heavy atom. The molecule has 0 saturated carbocycles. The zero-order valence-electron chi connectivity index (χ0n) is 15.5. The molecule has 0 saturated heterocycles. The lowest BCUT2D eigenvalue weighted by atomic mass is 10.1. The summed E-state index contributed by atoms with van der Waals surface area (Å²) in [6.45, 7) is 3.84. The van der Waals surface area contributed by atoms with Gasteiger partial charge in [-0.05, 0) is 31.5 Å². The van der Waals surface area contributed by atoms with E-state index in [4.69, 9.17) is 4.74 Å². The quantitative estimate of drug-likeness (QED) is 0.756. The van der Waals surface area contributed by atoms with Gasteiger partial charge in [0.2, 0.25) is 0 Å². The molecule has 0 aliphatic rings. The fourth-order valence-corrected chi connectivity index (χ4v) is 2.71. The number of benzene rings is 2. The number of nitrogens with one attached hydrogen (secondary N) is 1. The van der Waals surface area contributed by atoms with Crippen LogP contribution in [0.2, 0.25) is 0 Å². The van der Waals surface area contributed by atoms with Gasteiger partial charge in [0, 0.05) is 0 Å². The number of aryl methyl sites for hydroxylation is 1. The molecule has 3 aromatic rings. The van der Waals surface area contributed by atoms with Gasteiger partial charge in [0.1, 0.15) is 0 Å². The predicted molar refractivity (Wildman–Crippen MR) is 103 cm³/mol. The van der Waals surface area contributed by atoms with E-state index >= 15 is 0 Å². The summed E-state index contributed by atoms with van der Waals surface area (Å²) in [5.41, 5.74) is 2.30. The lowest BCUT2D eigenvalue weighted by molar-refractivity contribution is 0.0929. The standard InChI is InChI=1S/C21H21N3O3/c1-14-9-11-17(12-10-14)24-19(25)13-18(27-3)20(23-24)21(26)22-15(2)16-7-5-4-6-8-16/h4-13,15H,1-3H3,(H,22,26)/t15-/m0/s1. The normalized spacial score (nSPS) is 11.7. The summed E-state index contributed by atoms with van der Waals surface area (Å²) < 4.78 is 6.41. The lowest BCUT2D eigenvalue weighted by Gasteiger charge is -2.16. The van der Waals surface area contributed by atoms with Gasteiger partial charge in [-0.15, -0.1) is 0 Å². The first-order valence-electron chi connectivity index (χ1n) is 8.61. The SMILES string of the molecule is COc1cc(=O)n(-c2ccc(C)cc2)nc1C(=O)N[C@@H](C)c1ccccc1. The van der Waals surface area contributed by atoms with Gasteiger partial charge in [0.15, 0.2) is 11.4 Å². The van der Waals surface area contributed by atoms with Crippen molar-refractivity contribution in [1.82, 2.24) is 15.1 Å². The minimum absolute atomic E-state index is 0.0560. The summed E-state index contributed by atoms with van der Waals surface area (Å²) in [7, 11) is 1.41. The van der Waals surface area contributed by atoms with Gasteiger partial charge in [-0.3, -0.25) is 9.59 Å². The molecule has 27 heavy (non-hydrogen) atoms. The van der Waals surface area contributed by atoms with Crippen LogP contribution in [0.25, 0.3) is 5.69 Å². The number of ether oxygens (including phenoxy) is 1. The molecule has 1 amide bonds. The maximum atomic E-state index is 12.8. The molecular weight excluding hydrogens is 342 g/mol. The number of aromatic nitrogens is 2. The van der Waals surface area contributed by atoms with Crippen LogP contribution in [0, 0.1) is 6.92 Å². The Morgan fingerprint density at radius 2 is 1.78 bits per heavy atom. The number of methoxy groups -OCH3 is 1. The predicted octanol–water partition coefficient (Wildman–Crippen LogP) is 3.04. The van der Waals surface area contributed by atoms with Crippen molar-refractivity contribution in [3.8, 4) is 11.4 Å². The Hall–Kier alpha value is -3.41. The Labute approximate surface area is 157 Å². The number of rotatable bonds is 5. The van der Waals surface area contributed by atoms with E-state index in [0.717, 1.165) is 11.1 Å². The smallest absolute Gasteiger partial charge is 0.276 e.